The summed E-state index contributed by atoms with van der Waals surface area (Å²) in [5.41, 5.74) is 0.613. The maximum atomic E-state index is 13.6. The maximum absolute atomic E-state index is 13.6. The number of rotatable bonds is 7. The average Bonchev–Trinajstić information content (AvgIpc) is 2.83. The first-order chi connectivity index (χ1) is 17.9. The second-order valence-corrected chi connectivity index (χ2v) is 9.02. The van der Waals surface area contributed by atoms with Gasteiger partial charge in [-0.2, -0.15) is 0 Å². The third-order valence-electron chi connectivity index (χ3n) is 5.23. The lowest BCUT2D eigenvalue weighted by molar-refractivity contribution is -0.274. The summed E-state index contributed by atoms with van der Waals surface area (Å²) in [4.78, 5) is 46.4. The zero-order chi connectivity index (χ0) is 27.6. The highest BCUT2D eigenvalue weighted by Crippen LogP contribution is 2.29. The molecule has 12 heteroatoms. The number of benzene rings is 2. The number of carbonyl (C=O) groups excluding carboxylic acids is 2. The van der Waals surface area contributed by atoms with E-state index < -0.39 is 30.1 Å². The molecule has 0 unspecified atom stereocenters. The summed E-state index contributed by atoms with van der Waals surface area (Å²) in [5.74, 6) is -1.06. The van der Waals surface area contributed by atoms with E-state index in [1.165, 1.54) is 24.3 Å². The second-order valence-electron chi connectivity index (χ2n) is 8.58. The molecule has 0 spiro atoms. The first kappa shape index (κ1) is 26.8. The fraction of sp³-hybridized carbons (Fsp3) is 0.192. The molecule has 2 heterocycles. The van der Waals surface area contributed by atoms with E-state index >= 15 is 0 Å². The topological polar surface area (TPSA) is 103 Å². The zero-order valence-corrected chi connectivity index (χ0v) is 20.8. The van der Waals surface area contributed by atoms with Crippen molar-refractivity contribution in [3.63, 3.8) is 0 Å². The lowest BCUT2D eigenvalue weighted by Gasteiger charge is -2.16. The van der Waals surface area contributed by atoms with Gasteiger partial charge in [-0.25, -0.2) is 9.97 Å². The lowest BCUT2D eigenvalue weighted by atomic mass is 10.1. The number of fused-ring (bicyclic) bond motifs is 1. The van der Waals surface area contributed by atoms with Gasteiger partial charge in [0.15, 0.2) is 5.52 Å². The van der Waals surface area contributed by atoms with Crippen LogP contribution in [0.2, 0.25) is 5.02 Å². The van der Waals surface area contributed by atoms with Crippen LogP contribution >= 0.6 is 11.6 Å². The Bertz CT molecular complexity index is 1600. The molecule has 1 amide bonds. The number of nitrogens with zero attached hydrogens (tertiary/aromatic N) is 3. The van der Waals surface area contributed by atoms with Gasteiger partial charge in [-0.05, 0) is 56.3 Å². The number of aldehydes is 1. The van der Waals surface area contributed by atoms with Crippen LogP contribution in [0.15, 0.2) is 59.4 Å². The highest BCUT2D eigenvalue weighted by Gasteiger charge is 2.31. The summed E-state index contributed by atoms with van der Waals surface area (Å²) < 4.78 is 43.4. The molecule has 4 rings (SSSR count). The quantitative estimate of drug-likeness (QED) is 0.328. The summed E-state index contributed by atoms with van der Waals surface area (Å²) >= 11 is 6.10. The summed E-state index contributed by atoms with van der Waals surface area (Å²) in [6.45, 7) is 3.02. The summed E-state index contributed by atoms with van der Waals surface area (Å²) in [6.07, 6.45) is -4.29. The van der Waals surface area contributed by atoms with Crippen molar-refractivity contribution in [2.45, 2.75) is 32.8 Å². The van der Waals surface area contributed by atoms with Crippen molar-refractivity contribution >= 4 is 34.8 Å². The highest BCUT2D eigenvalue weighted by atomic mass is 35.5. The predicted octanol–water partition coefficient (Wildman–Crippen LogP) is 5.01. The number of hydrogen-bond donors (Lipinski definition) is 1. The van der Waals surface area contributed by atoms with Gasteiger partial charge >= 0.3 is 6.36 Å². The molecule has 8 nitrogen and oxygen atoms in total. The highest BCUT2D eigenvalue weighted by molar-refractivity contribution is 6.31. The second kappa shape index (κ2) is 10.6. The van der Waals surface area contributed by atoms with Crippen molar-refractivity contribution in [2.75, 3.05) is 0 Å². The van der Waals surface area contributed by atoms with Crippen LogP contribution in [0.3, 0.4) is 0 Å². The molecule has 0 saturated carbocycles. The van der Waals surface area contributed by atoms with E-state index in [0.717, 1.165) is 16.7 Å². The van der Waals surface area contributed by atoms with E-state index in [-0.39, 0.29) is 28.5 Å². The fourth-order valence-corrected chi connectivity index (χ4v) is 4.04. The van der Waals surface area contributed by atoms with Crippen LogP contribution in [0, 0.1) is 0 Å². The molecule has 0 aliphatic carbocycles. The molecular weight excluding hydrogens is 525 g/mol. The molecule has 196 valence electrons. The fourth-order valence-electron chi connectivity index (χ4n) is 3.80. The molecule has 38 heavy (non-hydrogen) atoms. The van der Waals surface area contributed by atoms with Crippen LogP contribution in [-0.2, 0) is 11.3 Å². The van der Waals surface area contributed by atoms with Crippen LogP contribution in [0.25, 0.3) is 33.7 Å². The Morgan fingerprint density at radius 1 is 1.11 bits per heavy atom. The summed E-state index contributed by atoms with van der Waals surface area (Å²) in [7, 11) is 0. The molecule has 0 bridgehead atoms. The van der Waals surface area contributed by atoms with Crippen molar-refractivity contribution in [1.82, 2.24) is 19.9 Å². The van der Waals surface area contributed by atoms with Crippen molar-refractivity contribution in [3.8, 4) is 28.4 Å². The van der Waals surface area contributed by atoms with Crippen LogP contribution < -0.4 is 15.6 Å². The standard InChI is InChI=1S/C26H20ClF3N4O4/c1-14(2)31-22(36)12-34-24(16-4-3-5-19(11-16)38-26(28,29)30)33-21-7-6-20(32-23(21)25(34)37)17-8-15(13-35)9-18(27)10-17/h3-11,13-14H,12H2,1-2H3,(H,31,36). The molecule has 0 radical (unpaired) electrons. The number of aromatic nitrogens is 3. The van der Waals surface area contributed by atoms with Crippen LogP contribution in [0.5, 0.6) is 5.75 Å². The molecule has 0 fully saturated rings. The molecule has 4 aromatic rings. The number of alkyl halides is 3. The Morgan fingerprint density at radius 3 is 2.55 bits per heavy atom. The van der Waals surface area contributed by atoms with Crippen molar-refractivity contribution < 1.29 is 27.5 Å². The largest absolute Gasteiger partial charge is 0.573 e. The smallest absolute Gasteiger partial charge is 0.406 e. The average molecular weight is 545 g/mol. The Morgan fingerprint density at radius 2 is 1.87 bits per heavy atom. The van der Waals surface area contributed by atoms with Crippen molar-refractivity contribution in [3.05, 3.63) is 75.5 Å². The lowest BCUT2D eigenvalue weighted by Crippen LogP contribution is -2.37. The Hall–Kier alpha value is -4.25. The van der Waals surface area contributed by atoms with Gasteiger partial charge in [0.2, 0.25) is 5.91 Å². The van der Waals surface area contributed by atoms with E-state index in [2.05, 4.69) is 20.0 Å². The summed E-state index contributed by atoms with van der Waals surface area (Å²) in [5, 5.41) is 2.97. The van der Waals surface area contributed by atoms with E-state index in [1.54, 1.807) is 32.0 Å². The minimum Gasteiger partial charge on any atom is -0.406 e. The van der Waals surface area contributed by atoms with E-state index in [4.69, 9.17) is 11.6 Å². The van der Waals surface area contributed by atoms with Crippen LogP contribution in [0.1, 0.15) is 24.2 Å². The molecule has 0 saturated heterocycles. The van der Waals surface area contributed by atoms with Gasteiger partial charge in [0, 0.05) is 27.8 Å². The number of carbonyl (C=O) groups is 2. The third kappa shape index (κ3) is 6.17. The number of amides is 1. The zero-order valence-electron chi connectivity index (χ0n) is 20.0. The van der Waals surface area contributed by atoms with E-state index in [9.17, 15) is 27.6 Å². The molecule has 2 aromatic heterocycles. The van der Waals surface area contributed by atoms with Crippen LogP contribution in [0.4, 0.5) is 13.2 Å². The SMILES string of the molecule is CC(C)NC(=O)Cn1c(-c2cccc(OC(F)(F)F)c2)nc2ccc(-c3cc(Cl)cc(C=O)c3)nc2c1=O. The number of pyridine rings is 1. The number of nitrogens with one attached hydrogen (secondary N) is 1. The maximum Gasteiger partial charge on any atom is 0.573 e. The van der Waals surface area contributed by atoms with Crippen molar-refractivity contribution in [1.29, 1.82) is 0 Å². The normalized spacial score (nSPS) is 11.6. The van der Waals surface area contributed by atoms with Gasteiger partial charge in [0.25, 0.3) is 5.56 Å². The molecule has 0 aliphatic rings. The first-order valence-corrected chi connectivity index (χ1v) is 11.6. The third-order valence-corrected chi connectivity index (χ3v) is 5.45. The molecule has 0 aliphatic heterocycles. The van der Waals surface area contributed by atoms with Gasteiger partial charge in [-0.3, -0.25) is 19.0 Å². The van der Waals surface area contributed by atoms with Crippen LogP contribution in [-0.4, -0.2) is 39.1 Å². The Labute approximate surface area is 219 Å². The minimum absolute atomic E-state index is 0.0467. The number of hydrogen-bond acceptors (Lipinski definition) is 6. The Kier molecular flexibility index (Phi) is 7.49. The van der Waals surface area contributed by atoms with Crippen molar-refractivity contribution in [2.24, 2.45) is 0 Å². The molecular formula is C26H20ClF3N4O4. The van der Waals surface area contributed by atoms with Gasteiger partial charge in [-0.15, -0.1) is 13.2 Å². The van der Waals surface area contributed by atoms with E-state index in [1.807, 2.05) is 0 Å². The van der Waals surface area contributed by atoms with Gasteiger partial charge in [0.05, 0.1) is 11.2 Å². The molecule has 0 atom stereocenters. The summed E-state index contributed by atoms with van der Waals surface area (Å²) in [6, 6.07) is 12.4. The minimum atomic E-state index is -4.92. The van der Waals surface area contributed by atoms with E-state index in [0.29, 0.717) is 28.1 Å². The molecule has 2 aromatic carbocycles. The number of halogens is 4. The number of ether oxygens (including phenoxy) is 1. The molecule has 1 N–H and O–H groups in total. The van der Waals surface area contributed by atoms with Gasteiger partial charge < -0.3 is 10.1 Å². The van der Waals surface area contributed by atoms with Gasteiger partial charge in [-0.1, -0.05) is 23.7 Å². The van der Waals surface area contributed by atoms with Gasteiger partial charge in [0.1, 0.15) is 24.4 Å². The Balaban J connectivity index is 1.90. The predicted molar refractivity (Wildman–Crippen MR) is 135 cm³/mol. The first-order valence-electron chi connectivity index (χ1n) is 11.3. The monoisotopic (exact) mass is 544 g/mol.